The third-order valence-electron chi connectivity index (χ3n) is 9.69. The molecule has 3 heterocycles. The zero-order chi connectivity index (χ0) is 35.4. The van der Waals surface area contributed by atoms with Gasteiger partial charge >= 0.3 is 0 Å². The van der Waals surface area contributed by atoms with E-state index in [1.807, 2.05) is 135 Å². The van der Waals surface area contributed by atoms with Gasteiger partial charge in [0.05, 0.1) is 36.9 Å². The fourth-order valence-electron chi connectivity index (χ4n) is 6.87. The van der Waals surface area contributed by atoms with E-state index in [2.05, 4.69) is 20.6 Å². The molecule has 7 rings (SSSR count). The minimum Gasteiger partial charge on any atom is -0.395 e. The molecule has 6 aromatic rings. The molecule has 0 aliphatic carbocycles. The van der Waals surface area contributed by atoms with Crippen LogP contribution in [0, 0.1) is 5.92 Å². The number of H-pyrrole nitrogens is 1. The highest BCUT2D eigenvalue weighted by atomic mass is 16.3. The maximum absolute atomic E-state index is 14.0. The Balaban J connectivity index is 0.976. The third-order valence-corrected chi connectivity index (χ3v) is 9.69. The number of fused-ring (bicyclic) bond motifs is 2. The number of allylic oxidation sites excluding steroid dienone is 1. The van der Waals surface area contributed by atoms with Gasteiger partial charge in [0, 0.05) is 47.0 Å². The van der Waals surface area contributed by atoms with E-state index >= 15 is 0 Å². The second kappa shape index (κ2) is 14.6. The molecule has 4 aromatic carbocycles. The summed E-state index contributed by atoms with van der Waals surface area (Å²) in [5, 5.41) is 34.5. The van der Waals surface area contributed by atoms with E-state index in [1.54, 1.807) is 9.58 Å². The number of carbonyl (C=O) groups excluding carboxylic acids is 2. The van der Waals surface area contributed by atoms with E-state index < -0.39 is 11.5 Å². The number of hydrogen-bond acceptors (Lipinski definition) is 6. The minimum absolute atomic E-state index is 0.0676. The highest BCUT2D eigenvalue weighted by Gasteiger charge is 2.52. The van der Waals surface area contributed by atoms with Gasteiger partial charge in [-0.1, -0.05) is 103 Å². The van der Waals surface area contributed by atoms with Gasteiger partial charge in [0.2, 0.25) is 5.91 Å². The van der Waals surface area contributed by atoms with Crippen molar-refractivity contribution in [1.29, 1.82) is 0 Å². The van der Waals surface area contributed by atoms with Crippen molar-refractivity contribution in [3.63, 3.8) is 0 Å². The van der Waals surface area contributed by atoms with E-state index in [9.17, 15) is 19.8 Å². The van der Waals surface area contributed by atoms with Crippen molar-refractivity contribution in [1.82, 2.24) is 20.0 Å². The molecule has 10 heteroatoms. The Kier molecular flexibility index (Phi) is 9.61. The third kappa shape index (κ3) is 6.84. The molecule has 0 bridgehead atoms. The number of anilines is 2. The summed E-state index contributed by atoms with van der Waals surface area (Å²) in [6.07, 6.45) is 8.41. The molecule has 0 radical (unpaired) electrons. The van der Waals surface area contributed by atoms with Crippen LogP contribution in [-0.4, -0.2) is 48.6 Å². The molecule has 4 N–H and O–H groups in total. The average molecular weight is 681 g/mol. The molecule has 0 fully saturated rings. The predicted octanol–water partition coefficient (Wildman–Crippen LogP) is 6.08. The smallest absolute Gasteiger partial charge is 0.264 e. The lowest BCUT2D eigenvalue weighted by Gasteiger charge is -2.27. The van der Waals surface area contributed by atoms with Crippen LogP contribution in [-0.2, 0) is 34.7 Å². The quantitative estimate of drug-likeness (QED) is 0.109. The van der Waals surface area contributed by atoms with Gasteiger partial charge in [-0.25, -0.2) is 0 Å². The fraction of sp³-hybridized carbons (Fsp3) is 0.220. The number of para-hydroxylation sites is 2. The number of amides is 2. The summed E-state index contributed by atoms with van der Waals surface area (Å²) in [6, 6.07) is 32.4. The Morgan fingerprint density at radius 3 is 2.53 bits per heavy atom. The standard InChI is InChI=1S/C41H40N6O4/c1-28(11-9-10-22-46-26-37(44-45-46)34(27-48)30-12-3-2-4-13-30)41(51)35-15-6-8-17-38(35)47(40(41)50)25-29-18-20-32(21-19-29)43-39(49)23-31-24-42-36-16-7-5-14-33(31)36/h2-9,11-21,24,26,28,34,42,48,51H,10,22-23,25,27H2,1H3,(H,43,49)/b11-9+/t28-,34?,41+/m0/s1. The molecule has 258 valence electrons. The van der Waals surface area contributed by atoms with Crippen LogP contribution < -0.4 is 10.2 Å². The Morgan fingerprint density at radius 2 is 1.73 bits per heavy atom. The first-order valence-electron chi connectivity index (χ1n) is 17.1. The molecule has 2 amide bonds. The van der Waals surface area contributed by atoms with Crippen LogP contribution in [0.4, 0.5) is 11.4 Å². The molecule has 0 spiro atoms. The van der Waals surface area contributed by atoms with Crippen molar-refractivity contribution in [3.05, 3.63) is 156 Å². The lowest BCUT2D eigenvalue weighted by atomic mass is 9.83. The van der Waals surface area contributed by atoms with Crippen LogP contribution >= 0.6 is 0 Å². The second-order valence-corrected chi connectivity index (χ2v) is 13.0. The van der Waals surface area contributed by atoms with Crippen LogP contribution in [0.15, 0.2) is 128 Å². The van der Waals surface area contributed by atoms with Gasteiger partial charge in [-0.05, 0) is 47.4 Å². The molecular weight excluding hydrogens is 640 g/mol. The van der Waals surface area contributed by atoms with Crippen LogP contribution in [0.3, 0.4) is 0 Å². The topological polar surface area (TPSA) is 136 Å². The lowest BCUT2D eigenvalue weighted by Crippen LogP contribution is -2.44. The van der Waals surface area contributed by atoms with E-state index in [0.29, 0.717) is 35.6 Å². The Hall–Kier alpha value is -5.84. The van der Waals surface area contributed by atoms with Gasteiger partial charge in [-0.2, -0.15) is 0 Å². The monoisotopic (exact) mass is 680 g/mol. The number of aryl methyl sites for hydroxylation is 1. The minimum atomic E-state index is -1.73. The van der Waals surface area contributed by atoms with Crippen molar-refractivity contribution >= 4 is 34.1 Å². The Labute approximate surface area is 296 Å². The van der Waals surface area contributed by atoms with Crippen molar-refractivity contribution in [3.8, 4) is 0 Å². The number of hydrogen-bond donors (Lipinski definition) is 4. The summed E-state index contributed by atoms with van der Waals surface area (Å²) in [5.41, 5.74) is 4.65. The van der Waals surface area contributed by atoms with Gasteiger partial charge < -0.3 is 25.4 Å². The number of aromatic amines is 1. The summed E-state index contributed by atoms with van der Waals surface area (Å²) in [7, 11) is 0. The summed E-state index contributed by atoms with van der Waals surface area (Å²) in [4.78, 5) is 31.7. The molecule has 0 saturated heterocycles. The first-order valence-corrected chi connectivity index (χ1v) is 17.1. The zero-order valence-electron chi connectivity index (χ0n) is 28.3. The maximum atomic E-state index is 14.0. The van der Waals surface area contributed by atoms with Crippen LogP contribution in [0.25, 0.3) is 10.9 Å². The zero-order valence-corrected chi connectivity index (χ0v) is 28.3. The summed E-state index contributed by atoms with van der Waals surface area (Å²) in [5.74, 6) is -1.25. The van der Waals surface area contributed by atoms with Crippen molar-refractivity contribution in [2.24, 2.45) is 5.92 Å². The fourth-order valence-corrected chi connectivity index (χ4v) is 6.87. The van der Waals surface area contributed by atoms with E-state index in [-0.39, 0.29) is 37.3 Å². The van der Waals surface area contributed by atoms with Crippen LogP contribution in [0.5, 0.6) is 0 Å². The highest BCUT2D eigenvalue weighted by molar-refractivity contribution is 6.07. The number of rotatable bonds is 13. The SMILES string of the molecule is C[C@@H](/C=C/CCn1cc(C(CO)c2ccccc2)nn1)[C@]1(O)C(=O)N(Cc2ccc(NC(=O)Cc3c[nH]c4ccccc34)cc2)c2ccccc21. The number of nitrogens with zero attached hydrogens (tertiary/aromatic N) is 4. The summed E-state index contributed by atoms with van der Waals surface area (Å²) >= 11 is 0. The lowest BCUT2D eigenvalue weighted by molar-refractivity contribution is -0.139. The van der Waals surface area contributed by atoms with Gasteiger partial charge in [-0.15, -0.1) is 5.10 Å². The highest BCUT2D eigenvalue weighted by Crippen LogP contribution is 2.45. The summed E-state index contributed by atoms with van der Waals surface area (Å²) in [6.45, 7) is 2.60. The first kappa shape index (κ1) is 33.6. The Bertz CT molecular complexity index is 2170. The summed E-state index contributed by atoms with van der Waals surface area (Å²) < 4.78 is 1.74. The van der Waals surface area contributed by atoms with E-state index in [0.717, 1.165) is 27.6 Å². The average Bonchev–Trinajstić information content (AvgIpc) is 3.85. The van der Waals surface area contributed by atoms with E-state index in [4.69, 9.17) is 0 Å². The largest absolute Gasteiger partial charge is 0.395 e. The first-order chi connectivity index (χ1) is 24.8. The number of nitrogens with one attached hydrogen (secondary N) is 2. The van der Waals surface area contributed by atoms with Gasteiger partial charge in [-0.3, -0.25) is 14.3 Å². The molecule has 2 aromatic heterocycles. The molecule has 1 aliphatic rings. The number of aliphatic hydroxyl groups excluding tert-OH is 1. The number of aromatic nitrogens is 4. The normalized spacial score (nSPS) is 16.8. The van der Waals surface area contributed by atoms with Crippen molar-refractivity contribution < 1.29 is 19.8 Å². The molecule has 3 atom stereocenters. The van der Waals surface area contributed by atoms with Crippen LogP contribution in [0.2, 0.25) is 0 Å². The molecule has 1 unspecified atom stereocenters. The van der Waals surface area contributed by atoms with Gasteiger partial charge in [0.15, 0.2) is 5.60 Å². The second-order valence-electron chi connectivity index (χ2n) is 13.0. The molecule has 51 heavy (non-hydrogen) atoms. The van der Waals surface area contributed by atoms with Crippen molar-refractivity contribution in [2.45, 2.75) is 44.4 Å². The molecule has 0 saturated carbocycles. The molecule has 10 nitrogen and oxygen atoms in total. The molecule has 1 aliphatic heterocycles. The van der Waals surface area contributed by atoms with Crippen molar-refractivity contribution in [2.75, 3.05) is 16.8 Å². The molecular formula is C41H40N6O4. The Morgan fingerprint density at radius 1 is 0.980 bits per heavy atom. The van der Waals surface area contributed by atoms with Gasteiger partial charge in [0.25, 0.3) is 5.91 Å². The number of benzene rings is 4. The maximum Gasteiger partial charge on any atom is 0.264 e. The van der Waals surface area contributed by atoms with Crippen LogP contribution in [0.1, 0.15) is 47.2 Å². The van der Waals surface area contributed by atoms with E-state index in [1.165, 1.54) is 0 Å². The van der Waals surface area contributed by atoms with Gasteiger partial charge in [0.1, 0.15) is 0 Å². The predicted molar refractivity (Wildman–Crippen MR) is 197 cm³/mol. The number of aliphatic hydroxyl groups is 2. The number of carbonyl (C=O) groups is 2.